The van der Waals surface area contributed by atoms with Crippen LogP contribution < -0.4 is 15.8 Å². The highest BCUT2D eigenvalue weighted by Crippen LogP contribution is 2.32. The molecule has 0 atom stereocenters. The molecule has 8 heteroatoms. The SMILES string of the molecule is CCn1cc(-c2ccnc(Nc3cc(C(N)=O)ccc3OCc3ccccc3)n2)c2ccncc21. The number of hydrogen-bond donors (Lipinski definition) is 2. The second-order valence-corrected chi connectivity index (χ2v) is 7.96. The molecule has 174 valence electrons. The van der Waals surface area contributed by atoms with E-state index in [0.717, 1.165) is 34.3 Å². The van der Waals surface area contributed by atoms with E-state index in [0.29, 0.717) is 29.6 Å². The van der Waals surface area contributed by atoms with Gasteiger partial charge in [0.2, 0.25) is 11.9 Å². The number of rotatable bonds is 8. The Morgan fingerprint density at radius 2 is 1.94 bits per heavy atom. The molecular weight excluding hydrogens is 440 g/mol. The average Bonchev–Trinajstić information content (AvgIpc) is 3.27. The van der Waals surface area contributed by atoms with Gasteiger partial charge >= 0.3 is 0 Å². The highest BCUT2D eigenvalue weighted by atomic mass is 16.5. The van der Waals surface area contributed by atoms with Crippen molar-refractivity contribution in [3.63, 3.8) is 0 Å². The van der Waals surface area contributed by atoms with Crippen LogP contribution in [0.5, 0.6) is 5.75 Å². The first kappa shape index (κ1) is 22.1. The molecule has 0 radical (unpaired) electrons. The molecule has 35 heavy (non-hydrogen) atoms. The summed E-state index contributed by atoms with van der Waals surface area (Å²) in [6.07, 6.45) is 7.40. The molecular formula is C27H24N6O2. The number of anilines is 2. The summed E-state index contributed by atoms with van der Waals surface area (Å²) >= 11 is 0. The van der Waals surface area contributed by atoms with Crippen LogP contribution >= 0.6 is 0 Å². The van der Waals surface area contributed by atoms with E-state index in [9.17, 15) is 4.79 Å². The summed E-state index contributed by atoms with van der Waals surface area (Å²) in [5.41, 5.74) is 10.2. The highest BCUT2D eigenvalue weighted by molar-refractivity contribution is 5.95. The number of aryl methyl sites for hydroxylation is 1. The number of benzene rings is 2. The van der Waals surface area contributed by atoms with Crippen molar-refractivity contribution in [3.05, 3.63) is 96.6 Å². The third kappa shape index (κ3) is 4.67. The predicted octanol–water partition coefficient (Wildman–Crippen LogP) is 4.93. The van der Waals surface area contributed by atoms with Crippen LogP contribution in [0.25, 0.3) is 22.2 Å². The van der Waals surface area contributed by atoms with E-state index in [1.165, 1.54) is 0 Å². The number of carbonyl (C=O) groups is 1. The lowest BCUT2D eigenvalue weighted by molar-refractivity contribution is 0.100. The first-order valence-corrected chi connectivity index (χ1v) is 11.3. The number of ether oxygens (including phenoxy) is 1. The molecule has 3 N–H and O–H groups in total. The average molecular weight is 465 g/mol. The zero-order chi connectivity index (χ0) is 24.2. The molecule has 3 aromatic heterocycles. The summed E-state index contributed by atoms with van der Waals surface area (Å²) in [5.74, 6) is 0.403. The zero-order valence-corrected chi connectivity index (χ0v) is 19.2. The smallest absolute Gasteiger partial charge is 0.248 e. The fourth-order valence-corrected chi connectivity index (χ4v) is 3.93. The van der Waals surface area contributed by atoms with Crippen molar-refractivity contribution < 1.29 is 9.53 Å². The van der Waals surface area contributed by atoms with Crippen molar-refractivity contribution in [1.82, 2.24) is 19.5 Å². The van der Waals surface area contributed by atoms with E-state index in [1.54, 1.807) is 30.6 Å². The van der Waals surface area contributed by atoms with Crippen molar-refractivity contribution in [2.24, 2.45) is 5.73 Å². The van der Waals surface area contributed by atoms with Crippen molar-refractivity contribution in [1.29, 1.82) is 0 Å². The van der Waals surface area contributed by atoms with Gasteiger partial charge in [0, 0.05) is 41.6 Å². The van der Waals surface area contributed by atoms with Crippen molar-refractivity contribution in [2.45, 2.75) is 20.1 Å². The lowest BCUT2D eigenvalue weighted by Crippen LogP contribution is -2.11. The molecule has 0 spiro atoms. The van der Waals surface area contributed by atoms with Gasteiger partial charge in [-0.05, 0) is 42.8 Å². The van der Waals surface area contributed by atoms with Crippen molar-refractivity contribution in [2.75, 3.05) is 5.32 Å². The molecule has 2 aromatic carbocycles. The number of fused-ring (bicyclic) bond motifs is 1. The summed E-state index contributed by atoms with van der Waals surface area (Å²) in [6, 6.07) is 18.7. The topological polar surface area (TPSA) is 108 Å². The molecule has 0 bridgehead atoms. The van der Waals surface area contributed by atoms with Crippen molar-refractivity contribution >= 4 is 28.4 Å². The summed E-state index contributed by atoms with van der Waals surface area (Å²) in [6.45, 7) is 3.28. The molecule has 0 aliphatic rings. The molecule has 5 aromatic rings. The number of primary amides is 1. The molecule has 1 amide bonds. The fourth-order valence-electron chi connectivity index (χ4n) is 3.93. The van der Waals surface area contributed by atoms with Gasteiger partial charge in [0.15, 0.2) is 0 Å². The van der Waals surface area contributed by atoms with Gasteiger partial charge in [-0.3, -0.25) is 9.78 Å². The van der Waals surface area contributed by atoms with Crippen LogP contribution in [0, 0.1) is 0 Å². The van der Waals surface area contributed by atoms with Crippen LogP contribution in [0.2, 0.25) is 0 Å². The third-order valence-corrected chi connectivity index (χ3v) is 5.70. The van der Waals surface area contributed by atoms with E-state index in [2.05, 4.69) is 33.0 Å². The van der Waals surface area contributed by atoms with E-state index in [1.807, 2.05) is 48.7 Å². The predicted molar refractivity (Wildman–Crippen MR) is 135 cm³/mol. The minimum Gasteiger partial charge on any atom is -0.487 e. The van der Waals surface area contributed by atoms with E-state index < -0.39 is 5.91 Å². The molecule has 0 saturated carbocycles. The van der Waals surface area contributed by atoms with Gasteiger partial charge < -0.3 is 20.4 Å². The van der Waals surface area contributed by atoms with Crippen molar-refractivity contribution in [3.8, 4) is 17.0 Å². The molecule has 0 unspecified atom stereocenters. The number of nitrogens with one attached hydrogen (secondary N) is 1. The quantitative estimate of drug-likeness (QED) is 0.337. The molecule has 0 fully saturated rings. The Bertz CT molecular complexity index is 1500. The molecule has 3 heterocycles. The molecule has 0 aliphatic heterocycles. The standard InChI is InChI=1S/C27H24N6O2/c1-2-33-16-21(20-10-12-29-15-24(20)33)22-11-13-30-27(31-22)32-23-14-19(26(28)34)8-9-25(23)35-17-18-6-4-3-5-7-18/h3-16H,2,17H2,1H3,(H2,28,34)(H,30,31,32). The van der Waals surface area contributed by atoms with Gasteiger partial charge in [-0.1, -0.05) is 30.3 Å². The van der Waals surface area contributed by atoms with Gasteiger partial charge in [-0.2, -0.15) is 0 Å². The van der Waals surface area contributed by atoms with Gasteiger partial charge in [-0.15, -0.1) is 0 Å². The Hall–Kier alpha value is -4.72. The van der Waals surface area contributed by atoms with Crippen LogP contribution in [0.15, 0.2) is 85.5 Å². The van der Waals surface area contributed by atoms with E-state index >= 15 is 0 Å². The Kier molecular flexibility index (Phi) is 6.09. The second kappa shape index (κ2) is 9.64. The van der Waals surface area contributed by atoms with Gasteiger partial charge in [-0.25, -0.2) is 9.97 Å². The summed E-state index contributed by atoms with van der Waals surface area (Å²) in [7, 11) is 0. The van der Waals surface area contributed by atoms with E-state index in [4.69, 9.17) is 15.5 Å². The first-order chi connectivity index (χ1) is 17.1. The lowest BCUT2D eigenvalue weighted by Gasteiger charge is -2.14. The number of pyridine rings is 1. The number of aromatic nitrogens is 4. The van der Waals surface area contributed by atoms with E-state index in [-0.39, 0.29) is 0 Å². The highest BCUT2D eigenvalue weighted by Gasteiger charge is 2.14. The van der Waals surface area contributed by atoms with Crippen LogP contribution in [0.4, 0.5) is 11.6 Å². The Morgan fingerprint density at radius 3 is 2.74 bits per heavy atom. The number of hydrogen-bond acceptors (Lipinski definition) is 6. The van der Waals surface area contributed by atoms with Crippen LogP contribution in [-0.2, 0) is 13.2 Å². The summed E-state index contributed by atoms with van der Waals surface area (Å²) < 4.78 is 8.18. The van der Waals surface area contributed by atoms with Crippen LogP contribution in [0.3, 0.4) is 0 Å². The molecule has 0 aliphatic carbocycles. The third-order valence-electron chi connectivity index (χ3n) is 5.70. The zero-order valence-electron chi connectivity index (χ0n) is 19.2. The summed E-state index contributed by atoms with van der Waals surface area (Å²) in [4.78, 5) is 25.2. The maximum absolute atomic E-state index is 11.8. The maximum atomic E-state index is 11.8. The fraction of sp³-hybridized carbons (Fsp3) is 0.111. The lowest BCUT2D eigenvalue weighted by atomic mass is 10.1. The maximum Gasteiger partial charge on any atom is 0.248 e. The Labute approximate surface area is 202 Å². The molecule has 0 saturated heterocycles. The largest absolute Gasteiger partial charge is 0.487 e. The monoisotopic (exact) mass is 464 g/mol. The number of nitrogens with zero attached hydrogens (tertiary/aromatic N) is 4. The van der Waals surface area contributed by atoms with Crippen LogP contribution in [-0.4, -0.2) is 25.4 Å². The molecule has 8 nitrogen and oxygen atoms in total. The molecule has 5 rings (SSSR count). The normalized spacial score (nSPS) is 10.9. The number of amides is 1. The van der Waals surface area contributed by atoms with Gasteiger partial charge in [0.05, 0.1) is 23.1 Å². The van der Waals surface area contributed by atoms with Gasteiger partial charge in [0.25, 0.3) is 0 Å². The first-order valence-electron chi connectivity index (χ1n) is 11.3. The second-order valence-electron chi connectivity index (χ2n) is 7.96. The number of carbonyl (C=O) groups excluding carboxylic acids is 1. The Balaban J connectivity index is 1.48. The minimum absolute atomic E-state index is 0.356. The summed E-state index contributed by atoms with van der Waals surface area (Å²) in [5, 5.41) is 4.27. The Morgan fingerprint density at radius 1 is 1.09 bits per heavy atom. The number of nitrogens with two attached hydrogens (primary N) is 1. The van der Waals surface area contributed by atoms with Gasteiger partial charge in [0.1, 0.15) is 12.4 Å². The minimum atomic E-state index is -0.529. The van der Waals surface area contributed by atoms with Crippen LogP contribution in [0.1, 0.15) is 22.8 Å².